The van der Waals surface area contributed by atoms with E-state index in [0.717, 1.165) is 10.8 Å². The fourth-order valence-corrected chi connectivity index (χ4v) is 5.41. The minimum atomic E-state index is -3.68. The number of nitrogens with zero attached hydrogens (tertiary/aromatic N) is 2. The van der Waals surface area contributed by atoms with Crippen molar-refractivity contribution in [3.05, 3.63) is 66.2 Å². The van der Waals surface area contributed by atoms with E-state index in [4.69, 9.17) is 9.47 Å². The normalized spacial score (nSPS) is 17.0. The van der Waals surface area contributed by atoms with Crippen molar-refractivity contribution in [1.29, 1.82) is 0 Å². The summed E-state index contributed by atoms with van der Waals surface area (Å²) < 4.78 is 38.6. The molecule has 0 aromatic heterocycles. The average Bonchev–Trinajstić information content (AvgIpc) is 2.83. The van der Waals surface area contributed by atoms with Crippen LogP contribution in [0.2, 0.25) is 0 Å². The van der Waals surface area contributed by atoms with Crippen LogP contribution in [0.4, 0.5) is 0 Å². The van der Waals surface area contributed by atoms with E-state index in [1.165, 1.54) is 16.4 Å². The lowest BCUT2D eigenvalue weighted by Gasteiger charge is -2.34. The number of carbonyl (C=O) groups excluding carboxylic acids is 1. The predicted octanol–water partition coefficient (Wildman–Crippen LogP) is 2.76. The molecule has 1 saturated heterocycles. The number of fused-ring (bicyclic) bond motifs is 2. The van der Waals surface area contributed by atoms with Crippen LogP contribution in [0.3, 0.4) is 0 Å². The van der Waals surface area contributed by atoms with E-state index in [1.807, 2.05) is 42.5 Å². The molecule has 31 heavy (non-hydrogen) atoms. The number of carbonyl (C=O) groups is 1. The van der Waals surface area contributed by atoms with Crippen molar-refractivity contribution in [2.45, 2.75) is 4.90 Å². The number of sulfonamides is 1. The fraction of sp³-hybridized carbons (Fsp3) is 0.261. The van der Waals surface area contributed by atoms with Crippen LogP contribution >= 0.6 is 0 Å². The summed E-state index contributed by atoms with van der Waals surface area (Å²) in [7, 11) is -3.68. The lowest BCUT2D eigenvalue weighted by atomic mass is 10.1. The number of amides is 1. The molecule has 5 rings (SSSR count). The Kier molecular flexibility index (Phi) is 5.03. The van der Waals surface area contributed by atoms with E-state index in [0.29, 0.717) is 43.4 Å². The van der Waals surface area contributed by atoms with Gasteiger partial charge in [-0.2, -0.15) is 4.31 Å². The van der Waals surface area contributed by atoms with Crippen molar-refractivity contribution >= 4 is 26.7 Å². The topological polar surface area (TPSA) is 76.2 Å². The monoisotopic (exact) mass is 438 g/mol. The van der Waals surface area contributed by atoms with Gasteiger partial charge in [-0.3, -0.25) is 4.79 Å². The molecule has 2 heterocycles. The summed E-state index contributed by atoms with van der Waals surface area (Å²) in [5.74, 6) is 0.913. The van der Waals surface area contributed by atoms with Gasteiger partial charge in [-0.25, -0.2) is 8.42 Å². The molecular weight excluding hydrogens is 416 g/mol. The molecule has 0 spiro atoms. The van der Waals surface area contributed by atoms with Crippen LogP contribution in [0.25, 0.3) is 10.8 Å². The van der Waals surface area contributed by atoms with Crippen molar-refractivity contribution in [3.8, 4) is 11.5 Å². The second kappa shape index (κ2) is 7.86. The van der Waals surface area contributed by atoms with Crippen molar-refractivity contribution in [3.63, 3.8) is 0 Å². The number of piperazine rings is 1. The van der Waals surface area contributed by atoms with Gasteiger partial charge in [0, 0.05) is 37.8 Å². The molecule has 0 unspecified atom stereocenters. The summed E-state index contributed by atoms with van der Waals surface area (Å²) in [6.45, 7) is 2.02. The molecule has 3 aromatic carbocycles. The Bertz CT molecular complexity index is 1250. The molecule has 0 saturated carbocycles. The van der Waals surface area contributed by atoms with Gasteiger partial charge >= 0.3 is 0 Å². The van der Waals surface area contributed by atoms with Gasteiger partial charge in [0.2, 0.25) is 10.0 Å². The average molecular weight is 439 g/mol. The number of benzene rings is 3. The van der Waals surface area contributed by atoms with Gasteiger partial charge in [0.15, 0.2) is 11.5 Å². The fourth-order valence-electron chi connectivity index (χ4n) is 3.97. The maximum Gasteiger partial charge on any atom is 0.253 e. The maximum atomic E-state index is 13.1. The SMILES string of the molecule is O=C(c1ccc2ccccc2c1)N1CCN(S(=O)(=O)c2ccc3c(c2)OCCO3)CC1. The third kappa shape index (κ3) is 3.73. The minimum absolute atomic E-state index is 0.0814. The lowest BCUT2D eigenvalue weighted by molar-refractivity contribution is 0.0698. The van der Waals surface area contributed by atoms with Crippen LogP contribution in [0.5, 0.6) is 11.5 Å². The molecule has 0 N–H and O–H groups in total. The van der Waals surface area contributed by atoms with Gasteiger partial charge in [-0.15, -0.1) is 0 Å². The molecule has 0 bridgehead atoms. The molecule has 2 aliphatic rings. The third-order valence-electron chi connectivity index (χ3n) is 5.67. The summed E-state index contributed by atoms with van der Waals surface area (Å²) in [5, 5.41) is 2.09. The molecule has 0 atom stereocenters. The Hall–Kier alpha value is -3.10. The van der Waals surface area contributed by atoms with Gasteiger partial charge < -0.3 is 14.4 Å². The Balaban J connectivity index is 1.29. The molecule has 7 nitrogen and oxygen atoms in total. The first kappa shape index (κ1) is 19.8. The van der Waals surface area contributed by atoms with Crippen LogP contribution in [-0.2, 0) is 10.0 Å². The van der Waals surface area contributed by atoms with Gasteiger partial charge in [0.25, 0.3) is 5.91 Å². The standard InChI is InChI=1S/C23H22N2O5S/c26-23(19-6-5-17-3-1-2-4-18(17)15-19)24-9-11-25(12-10-24)31(27,28)20-7-8-21-22(16-20)30-14-13-29-21/h1-8,15-16H,9-14H2. The Morgan fingerprint density at radius 1 is 0.774 bits per heavy atom. The molecule has 2 aliphatic heterocycles. The second-order valence-electron chi connectivity index (χ2n) is 7.56. The summed E-state index contributed by atoms with van der Waals surface area (Å²) in [6, 6.07) is 18.2. The van der Waals surface area contributed by atoms with Crippen molar-refractivity contribution in [2.24, 2.45) is 0 Å². The molecule has 0 radical (unpaired) electrons. The van der Waals surface area contributed by atoms with Crippen LogP contribution < -0.4 is 9.47 Å². The highest BCUT2D eigenvalue weighted by atomic mass is 32.2. The molecule has 1 fully saturated rings. The second-order valence-corrected chi connectivity index (χ2v) is 9.50. The molecule has 8 heteroatoms. The van der Waals surface area contributed by atoms with Crippen molar-refractivity contribution in [1.82, 2.24) is 9.21 Å². The number of hydrogen-bond donors (Lipinski definition) is 0. The molecule has 3 aromatic rings. The zero-order valence-corrected chi connectivity index (χ0v) is 17.7. The highest BCUT2D eigenvalue weighted by Gasteiger charge is 2.31. The van der Waals surface area contributed by atoms with E-state index in [9.17, 15) is 13.2 Å². The van der Waals surface area contributed by atoms with E-state index in [-0.39, 0.29) is 23.9 Å². The smallest absolute Gasteiger partial charge is 0.253 e. The van der Waals surface area contributed by atoms with Crippen molar-refractivity contribution in [2.75, 3.05) is 39.4 Å². The third-order valence-corrected chi connectivity index (χ3v) is 7.57. The van der Waals surface area contributed by atoms with Crippen LogP contribution in [0, 0.1) is 0 Å². The highest BCUT2D eigenvalue weighted by molar-refractivity contribution is 7.89. The van der Waals surface area contributed by atoms with Crippen molar-refractivity contribution < 1.29 is 22.7 Å². The number of hydrogen-bond acceptors (Lipinski definition) is 5. The first-order valence-corrected chi connectivity index (χ1v) is 11.6. The zero-order valence-electron chi connectivity index (χ0n) is 16.9. The summed E-state index contributed by atoms with van der Waals surface area (Å²) in [5.41, 5.74) is 0.613. The largest absolute Gasteiger partial charge is 0.486 e. The Labute approximate surface area is 180 Å². The van der Waals surface area contributed by atoms with Gasteiger partial charge in [-0.05, 0) is 35.0 Å². The quantitative estimate of drug-likeness (QED) is 0.629. The van der Waals surface area contributed by atoms with E-state index >= 15 is 0 Å². The number of rotatable bonds is 3. The van der Waals surface area contributed by atoms with Gasteiger partial charge in [0.1, 0.15) is 13.2 Å². The summed E-state index contributed by atoms with van der Waals surface area (Å²) in [4.78, 5) is 14.8. The van der Waals surface area contributed by atoms with Crippen LogP contribution in [0.1, 0.15) is 10.4 Å². The predicted molar refractivity (Wildman–Crippen MR) is 116 cm³/mol. The van der Waals surface area contributed by atoms with Crippen LogP contribution in [0.15, 0.2) is 65.6 Å². The van der Waals surface area contributed by atoms with Gasteiger partial charge in [0.05, 0.1) is 4.90 Å². The maximum absolute atomic E-state index is 13.1. The highest BCUT2D eigenvalue weighted by Crippen LogP contribution is 2.33. The van der Waals surface area contributed by atoms with E-state index < -0.39 is 10.0 Å². The Morgan fingerprint density at radius 3 is 2.26 bits per heavy atom. The van der Waals surface area contributed by atoms with E-state index in [2.05, 4.69) is 0 Å². The molecule has 0 aliphatic carbocycles. The molecule has 160 valence electrons. The molecular formula is C23H22N2O5S. The lowest BCUT2D eigenvalue weighted by Crippen LogP contribution is -2.50. The first-order valence-electron chi connectivity index (χ1n) is 10.2. The molecule has 1 amide bonds. The summed E-state index contributed by atoms with van der Waals surface area (Å²) in [6.07, 6.45) is 0. The van der Waals surface area contributed by atoms with Gasteiger partial charge in [-0.1, -0.05) is 30.3 Å². The Morgan fingerprint density at radius 2 is 1.48 bits per heavy atom. The first-order chi connectivity index (χ1) is 15.0. The summed E-state index contributed by atoms with van der Waals surface area (Å²) >= 11 is 0. The van der Waals surface area contributed by atoms with Crippen LogP contribution in [-0.4, -0.2) is 62.9 Å². The van der Waals surface area contributed by atoms with E-state index in [1.54, 1.807) is 11.0 Å². The zero-order chi connectivity index (χ0) is 21.4. The number of ether oxygens (including phenoxy) is 2. The minimum Gasteiger partial charge on any atom is -0.486 e.